The molecule has 0 amide bonds. The molecule has 0 spiro atoms. The number of imidazole rings is 1. The Balaban J connectivity index is 1.19. The van der Waals surface area contributed by atoms with Crippen molar-refractivity contribution in [2.45, 2.75) is 19.5 Å². The number of allylic oxidation sites excluding steroid dienone is 3. The summed E-state index contributed by atoms with van der Waals surface area (Å²) in [7, 11) is 0. The first-order chi connectivity index (χ1) is 19.7. The van der Waals surface area contributed by atoms with E-state index in [4.69, 9.17) is 20.1 Å². The Hall–Kier alpha value is -5.28. The second kappa shape index (κ2) is 10.1. The number of fused-ring (bicyclic) bond motifs is 2. The molecule has 0 radical (unpaired) electrons. The Bertz CT molecular complexity index is 1860. The fraction of sp³-hybridized carbons (Fsp3) is 0.0968. The van der Waals surface area contributed by atoms with E-state index in [9.17, 15) is 0 Å². The molecule has 1 aliphatic carbocycles. The molecule has 0 aliphatic heterocycles. The average molecular weight is 527 g/mol. The highest BCUT2D eigenvalue weighted by Gasteiger charge is 2.22. The first-order valence-electron chi connectivity index (χ1n) is 13.0. The van der Waals surface area contributed by atoms with Crippen LogP contribution in [0.4, 0.5) is 0 Å². The van der Waals surface area contributed by atoms with Gasteiger partial charge in [-0.1, -0.05) is 36.4 Å². The molecule has 0 saturated heterocycles. The lowest BCUT2D eigenvalue weighted by molar-refractivity contribution is 0.566. The van der Waals surface area contributed by atoms with Gasteiger partial charge in [0.05, 0.1) is 29.4 Å². The van der Waals surface area contributed by atoms with Gasteiger partial charge in [0.15, 0.2) is 11.5 Å². The van der Waals surface area contributed by atoms with Crippen LogP contribution in [0.15, 0.2) is 102 Å². The maximum absolute atomic E-state index is 6.24. The van der Waals surface area contributed by atoms with Crippen molar-refractivity contribution in [3.8, 4) is 22.8 Å². The highest BCUT2D eigenvalue weighted by Crippen LogP contribution is 2.33. The van der Waals surface area contributed by atoms with Crippen LogP contribution < -0.4 is 11.1 Å². The summed E-state index contributed by atoms with van der Waals surface area (Å²) in [6, 6.07) is 18.3. The van der Waals surface area contributed by atoms with Crippen LogP contribution in [0.5, 0.6) is 0 Å². The Kier molecular flexibility index (Phi) is 6.02. The minimum absolute atomic E-state index is 0.554. The van der Waals surface area contributed by atoms with Crippen molar-refractivity contribution in [1.29, 1.82) is 0 Å². The van der Waals surface area contributed by atoms with Gasteiger partial charge in [0.1, 0.15) is 5.52 Å². The SMILES string of the molecule is NC1=CC=C(c2ccoc2)c2nc(-c3n[nH]c4ccc(-c5cncc(CNCc6ccccc6)c5)nc34)[nH]c2C1. The largest absolute Gasteiger partial charge is 0.472 e. The van der Waals surface area contributed by atoms with Crippen LogP contribution in [0.1, 0.15) is 28.1 Å². The summed E-state index contributed by atoms with van der Waals surface area (Å²) in [5.41, 5.74) is 16.9. The number of hydrogen-bond donors (Lipinski definition) is 4. The summed E-state index contributed by atoms with van der Waals surface area (Å²) in [4.78, 5) is 17.9. The van der Waals surface area contributed by atoms with Gasteiger partial charge in [0, 0.05) is 60.0 Å². The molecule has 5 heterocycles. The van der Waals surface area contributed by atoms with E-state index in [0.29, 0.717) is 24.5 Å². The molecule has 40 heavy (non-hydrogen) atoms. The monoisotopic (exact) mass is 526 g/mol. The van der Waals surface area contributed by atoms with E-state index >= 15 is 0 Å². The average Bonchev–Trinajstić information content (AvgIpc) is 3.73. The number of pyridine rings is 2. The first kappa shape index (κ1) is 23.8. The number of hydrogen-bond acceptors (Lipinski definition) is 7. The van der Waals surface area contributed by atoms with Crippen molar-refractivity contribution >= 4 is 16.6 Å². The van der Waals surface area contributed by atoms with Gasteiger partial charge in [-0.15, -0.1) is 0 Å². The fourth-order valence-electron chi connectivity index (χ4n) is 4.95. The number of nitrogens with zero attached hydrogens (tertiary/aromatic N) is 4. The third-order valence-corrected chi connectivity index (χ3v) is 6.93. The summed E-state index contributed by atoms with van der Waals surface area (Å²) in [5, 5.41) is 11.2. The van der Waals surface area contributed by atoms with E-state index in [0.717, 1.165) is 62.6 Å². The number of nitrogens with one attached hydrogen (secondary N) is 3. The quantitative estimate of drug-likeness (QED) is 0.227. The van der Waals surface area contributed by atoms with Crippen molar-refractivity contribution in [3.05, 3.63) is 125 Å². The van der Waals surface area contributed by atoms with Gasteiger partial charge in [0.25, 0.3) is 0 Å². The molecule has 0 unspecified atom stereocenters. The van der Waals surface area contributed by atoms with Gasteiger partial charge in [-0.05, 0) is 41.5 Å². The van der Waals surface area contributed by atoms with Gasteiger partial charge < -0.3 is 20.5 Å². The predicted octanol–water partition coefficient (Wildman–Crippen LogP) is 5.12. The van der Waals surface area contributed by atoms with Crippen LogP contribution in [-0.2, 0) is 19.5 Å². The molecular formula is C31H26N8O. The Morgan fingerprint density at radius 3 is 2.67 bits per heavy atom. The molecule has 196 valence electrons. The van der Waals surface area contributed by atoms with E-state index in [2.05, 4.69) is 43.7 Å². The van der Waals surface area contributed by atoms with Crippen molar-refractivity contribution in [2.24, 2.45) is 5.73 Å². The normalized spacial score (nSPS) is 13.1. The lowest BCUT2D eigenvalue weighted by Crippen LogP contribution is -2.12. The lowest BCUT2D eigenvalue weighted by Gasteiger charge is -2.07. The maximum Gasteiger partial charge on any atom is 0.161 e. The van der Waals surface area contributed by atoms with Crippen LogP contribution in [0.3, 0.4) is 0 Å². The molecule has 0 saturated carbocycles. The number of aromatic amines is 2. The smallest absolute Gasteiger partial charge is 0.161 e. The molecule has 7 rings (SSSR count). The van der Waals surface area contributed by atoms with Crippen molar-refractivity contribution in [3.63, 3.8) is 0 Å². The fourth-order valence-corrected chi connectivity index (χ4v) is 4.95. The summed E-state index contributed by atoms with van der Waals surface area (Å²) in [5.74, 6) is 0.627. The molecule has 5 aromatic heterocycles. The number of benzene rings is 1. The molecule has 0 bridgehead atoms. The van der Waals surface area contributed by atoms with E-state index in [-0.39, 0.29) is 0 Å². The van der Waals surface area contributed by atoms with Crippen molar-refractivity contribution < 1.29 is 4.42 Å². The Labute approximate surface area is 229 Å². The zero-order chi connectivity index (χ0) is 26.9. The Morgan fingerprint density at radius 1 is 0.900 bits per heavy atom. The summed E-state index contributed by atoms with van der Waals surface area (Å²) >= 11 is 0. The Morgan fingerprint density at radius 2 is 1.80 bits per heavy atom. The van der Waals surface area contributed by atoms with E-state index < -0.39 is 0 Å². The highest BCUT2D eigenvalue weighted by atomic mass is 16.3. The number of H-pyrrole nitrogens is 2. The van der Waals surface area contributed by atoms with Gasteiger partial charge in [-0.2, -0.15) is 5.10 Å². The molecule has 9 heteroatoms. The second-order valence-corrected chi connectivity index (χ2v) is 9.76. The van der Waals surface area contributed by atoms with Gasteiger partial charge in [-0.25, -0.2) is 9.97 Å². The lowest BCUT2D eigenvalue weighted by atomic mass is 10.0. The van der Waals surface area contributed by atoms with Crippen LogP contribution in [0, 0.1) is 0 Å². The zero-order valence-corrected chi connectivity index (χ0v) is 21.6. The van der Waals surface area contributed by atoms with Gasteiger partial charge in [0.2, 0.25) is 0 Å². The molecule has 0 atom stereocenters. The molecule has 1 aromatic carbocycles. The zero-order valence-electron chi connectivity index (χ0n) is 21.6. The molecule has 0 fully saturated rings. The first-order valence-corrected chi connectivity index (χ1v) is 13.0. The third-order valence-electron chi connectivity index (χ3n) is 6.93. The molecule has 9 nitrogen and oxygen atoms in total. The number of nitrogens with two attached hydrogens (primary N) is 1. The number of rotatable bonds is 7. The summed E-state index contributed by atoms with van der Waals surface area (Å²) in [6.45, 7) is 1.50. The second-order valence-electron chi connectivity index (χ2n) is 9.76. The van der Waals surface area contributed by atoms with Crippen LogP contribution >= 0.6 is 0 Å². The summed E-state index contributed by atoms with van der Waals surface area (Å²) in [6.07, 6.45) is 11.5. The topological polar surface area (TPSA) is 134 Å². The third kappa shape index (κ3) is 4.59. The van der Waals surface area contributed by atoms with Crippen molar-refractivity contribution in [2.75, 3.05) is 0 Å². The van der Waals surface area contributed by atoms with Gasteiger partial charge in [-0.3, -0.25) is 10.1 Å². The maximum atomic E-state index is 6.24. The number of aromatic nitrogens is 6. The molecule has 1 aliphatic rings. The number of furan rings is 1. The van der Waals surface area contributed by atoms with E-state index in [1.54, 1.807) is 12.5 Å². The van der Waals surface area contributed by atoms with Crippen molar-refractivity contribution in [1.82, 2.24) is 35.5 Å². The van der Waals surface area contributed by atoms with E-state index in [1.165, 1.54) is 5.56 Å². The standard InChI is InChI=1S/C31H26N8O/c32-23-6-7-24(21-10-11-40-18-21)28-27(13-23)36-31(37-28)30-29-26(38-39-30)9-8-25(35-29)22-12-20(16-34-17-22)15-33-14-19-4-2-1-3-5-19/h1-12,16-18,33H,13-15,32H2,(H,36,37)(H,38,39). The minimum atomic E-state index is 0.554. The molecular weight excluding hydrogens is 500 g/mol. The van der Waals surface area contributed by atoms with Gasteiger partial charge >= 0.3 is 0 Å². The van der Waals surface area contributed by atoms with E-state index in [1.807, 2.05) is 60.9 Å². The molecule has 6 aromatic rings. The predicted molar refractivity (Wildman–Crippen MR) is 153 cm³/mol. The minimum Gasteiger partial charge on any atom is -0.472 e. The van der Waals surface area contributed by atoms with Crippen LogP contribution in [0.2, 0.25) is 0 Å². The summed E-state index contributed by atoms with van der Waals surface area (Å²) < 4.78 is 5.33. The van der Waals surface area contributed by atoms with Crippen LogP contribution in [0.25, 0.3) is 39.4 Å². The van der Waals surface area contributed by atoms with Crippen LogP contribution in [-0.4, -0.2) is 30.1 Å². The highest BCUT2D eigenvalue weighted by molar-refractivity contribution is 5.90. The molecule has 5 N–H and O–H groups in total.